The molecule has 0 N–H and O–H groups in total. The van der Waals surface area contributed by atoms with Gasteiger partial charge >= 0.3 is 6.00 Å². The van der Waals surface area contributed by atoms with E-state index in [9.17, 15) is 4.79 Å². The fourth-order valence-corrected chi connectivity index (χ4v) is 6.13. The lowest BCUT2D eigenvalue weighted by molar-refractivity contribution is 0.518. The third kappa shape index (κ3) is 30.5. The first-order chi connectivity index (χ1) is 15.6. The summed E-state index contributed by atoms with van der Waals surface area (Å²) in [6.45, 7) is 0.661. The van der Waals surface area contributed by atoms with E-state index in [0.717, 1.165) is 18.9 Å². The van der Waals surface area contributed by atoms with Crippen LogP contribution in [0.1, 0.15) is 148 Å². The van der Waals surface area contributed by atoms with E-state index >= 15 is 0 Å². The van der Waals surface area contributed by atoms with Gasteiger partial charge in [0.2, 0.25) is 6.08 Å². The van der Waals surface area contributed by atoms with Gasteiger partial charge in [-0.3, -0.25) is 0 Å². The van der Waals surface area contributed by atoms with Crippen molar-refractivity contribution < 1.29 is 4.79 Å². The second kappa shape index (κ2) is 26.1. The number of halogens is 3. The monoisotopic (exact) mass is 525 g/mol. The lowest BCUT2D eigenvalue weighted by atomic mass is 10.0. The molecule has 2 nitrogen and oxygen atoms in total. The Hall–Kier alpha value is 0.467. The van der Waals surface area contributed by atoms with E-state index in [1.807, 2.05) is 0 Å². The fourth-order valence-electron chi connectivity index (χ4n) is 4.27. The summed E-state index contributed by atoms with van der Waals surface area (Å²) < 4.78 is 0. The van der Waals surface area contributed by atoms with Gasteiger partial charge in [-0.2, -0.15) is 0 Å². The molecule has 0 spiro atoms. The first kappa shape index (κ1) is 32.5. The number of nitrogens with zero attached hydrogens (tertiary/aromatic N) is 1. The minimum atomic E-state index is -2.37. The summed E-state index contributed by atoms with van der Waals surface area (Å²) in [6.07, 6.45) is 32.7. The van der Waals surface area contributed by atoms with Crippen LogP contribution >= 0.6 is 33.2 Å². The molecule has 0 heterocycles. The lowest BCUT2D eigenvalue weighted by Crippen LogP contribution is -2.07. The molecule has 32 heavy (non-hydrogen) atoms. The molecule has 0 rings (SSSR count). The zero-order valence-electron chi connectivity index (χ0n) is 20.7. The van der Waals surface area contributed by atoms with Gasteiger partial charge in [0.25, 0.3) is 0 Å². The van der Waals surface area contributed by atoms with Crippen LogP contribution in [0.4, 0.5) is 0 Å². The van der Waals surface area contributed by atoms with Crippen molar-refractivity contribution >= 4 is 45.3 Å². The van der Waals surface area contributed by atoms with Crippen LogP contribution in [-0.4, -0.2) is 18.6 Å². The number of rotatable bonds is 26. The summed E-state index contributed by atoms with van der Waals surface area (Å²) in [7, 11) is 0. The quantitative estimate of drug-likeness (QED) is 0.0362. The van der Waals surface area contributed by atoms with Gasteiger partial charge in [-0.15, -0.1) is 33.2 Å². The molecule has 0 aromatic carbocycles. The minimum Gasteiger partial charge on any atom is -0.211 e. The Kier molecular flexibility index (Phi) is 26.5. The molecule has 0 unspecified atom stereocenters. The molecule has 190 valence electrons. The molecule has 0 fully saturated rings. The zero-order valence-corrected chi connectivity index (χ0v) is 23.9. The highest BCUT2D eigenvalue weighted by atomic mass is 35.8. The molecule has 0 aromatic rings. The molecule has 0 saturated carbocycles. The van der Waals surface area contributed by atoms with E-state index in [1.54, 1.807) is 6.08 Å². The predicted molar refractivity (Wildman–Crippen MR) is 147 cm³/mol. The van der Waals surface area contributed by atoms with Crippen LogP contribution in [0.3, 0.4) is 0 Å². The van der Waals surface area contributed by atoms with Gasteiger partial charge in [-0.25, -0.2) is 9.79 Å². The van der Waals surface area contributed by atoms with Gasteiger partial charge in [-0.05, 0) is 12.5 Å². The van der Waals surface area contributed by atoms with Crippen molar-refractivity contribution in [2.75, 3.05) is 6.54 Å². The van der Waals surface area contributed by atoms with Gasteiger partial charge < -0.3 is 0 Å². The van der Waals surface area contributed by atoms with Crippen molar-refractivity contribution in [3.05, 3.63) is 0 Å². The van der Waals surface area contributed by atoms with E-state index in [4.69, 9.17) is 33.2 Å². The Morgan fingerprint density at radius 1 is 0.438 bits per heavy atom. The van der Waals surface area contributed by atoms with Crippen LogP contribution in [0.2, 0.25) is 6.04 Å². The second-order valence-corrected chi connectivity index (χ2v) is 18.7. The Morgan fingerprint density at radius 3 is 0.938 bits per heavy atom. The summed E-state index contributed by atoms with van der Waals surface area (Å²) in [4.78, 5) is 13.5. The van der Waals surface area contributed by atoms with E-state index in [2.05, 4.69) is 4.99 Å². The summed E-state index contributed by atoms with van der Waals surface area (Å²) in [6, 6.07) is -1.55. The average Bonchev–Trinajstić information content (AvgIpc) is 2.75. The second-order valence-electron chi connectivity index (χ2n) is 9.47. The maximum Gasteiger partial charge on any atom is 0.341 e. The normalized spacial score (nSPS) is 11.6. The first-order valence-electron chi connectivity index (χ1n) is 13.7. The first-order valence-corrected chi connectivity index (χ1v) is 18.9. The van der Waals surface area contributed by atoms with Crippen molar-refractivity contribution in [1.29, 1.82) is 0 Å². The summed E-state index contributed by atoms with van der Waals surface area (Å²) in [5, 5.41) is 0. The maximum atomic E-state index is 9.95. The van der Waals surface area contributed by atoms with Crippen LogP contribution < -0.4 is 0 Å². The Labute approximate surface area is 214 Å². The smallest absolute Gasteiger partial charge is 0.211 e. The zero-order chi connectivity index (χ0) is 23.6. The fraction of sp³-hybridized carbons (Fsp3) is 0.962. The van der Waals surface area contributed by atoms with E-state index < -0.39 is 6.00 Å². The molecule has 0 aliphatic heterocycles. The summed E-state index contributed by atoms with van der Waals surface area (Å²) in [5.74, 6) is 0. The number of aliphatic imine (C=N–C) groups is 1. The third-order valence-electron chi connectivity index (χ3n) is 6.29. The van der Waals surface area contributed by atoms with Gasteiger partial charge in [0.15, 0.2) is 0 Å². The van der Waals surface area contributed by atoms with Gasteiger partial charge in [0, 0.05) is 0 Å². The number of isocyanates is 1. The molecule has 0 radical (unpaired) electrons. The summed E-state index contributed by atoms with van der Waals surface area (Å²) in [5.41, 5.74) is 0. The van der Waals surface area contributed by atoms with Crippen LogP contribution in [0.5, 0.6) is 0 Å². The van der Waals surface area contributed by atoms with Crippen molar-refractivity contribution in [1.82, 2.24) is 0 Å². The van der Waals surface area contributed by atoms with E-state index in [0.29, 0.717) is 6.54 Å². The SMILES string of the molecule is O=C=NCCCCCCCCCCCCCCCCCCCCCCCCC[Si](Cl)(Cl)Cl. The molecule has 0 aromatic heterocycles. The molecular formula is C26H50Cl3NOSi. The highest BCUT2D eigenvalue weighted by Crippen LogP contribution is 2.27. The molecule has 0 aliphatic carbocycles. The van der Waals surface area contributed by atoms with Gasteiger partial charge in [0.05, 0.1) is 6.54 Å². The standard InChI is InChI=1S/C26H50Cl3NOSi/c27-32(28,29)25-23-21-19-17-15-13-11-9-7-5-3-1-2-4-6-8-10-12-14-16-18-20-22-24-30-26-31/h1-25H2. The number of unbranched alkanes of at least 4 members (excludes halogenated alkanes) is 22. The Balaban J connectivity index is 3.04. The third-order valence-corrected chi connectivity index (χ3v) is 8.92. The Bertz CT molecular complexity index is 426. The number of hydrogen-bond acceptors (Lipinski definition) is 2. The van der Waals surface area contributed by atoms with E-state index in [-0.39, 0.29) is 0 Å². The molecule has 0 saturated heterocycles. The molecule has 0 aliphatic rings. The largest absolute Gasteiger partial charge is 0.341 e. The molecule has 0 amide bonds. The lowest BCUT2D eigenvalue weighted by Gasteiger charge is -2.07. The van der Waals surface area contributed by atoms with Crippen LogP contribution in [-0.2, 0) is 4.79 Å². The number of hydrogen-bond donors (Lipinski definition) is 0. The maximum absolute atomic E-state index is 9.95. The molecular weight excluding hydrogens is 477 g/mol. The van der Waals surface area contributed by atoms with E-state index in [1.165, 1.54) is 135 Å². The molecule has 0 bridgehead atoms. The topological polar surface area (TPSA) is 29.4 Å². The van der Waals surface area contributed by atoms with Gasteiger partial charge in [-0.1, -0.05) is 141 Å². The average molecular weight is 527 g/mol. The van der Waals surface area contributed by atoms with Crippen molar-refractivity contribution in [3.8, 4) is 0 Å². The Morgan fingerprint density at radius 2 is 0.688 bits per heavy atom. The van der Waals surface area contributed by atoms with Crippen molar-refractivity contribution in [3.63, 3.8) is 0 Å². The van der Waals surface area contributed by atoms with Gasteiger partial charge in [0.1, 0.15) is 0 Å². The predicted octanol–water partition coefficient (Wildman–Crippen LogP) is 10.9. The summed E-state index contributed by atoms with van der Waals surface area (Å²) >= 11 is 17.7. The molecule has 0 atom stereocenters. The van der Waals surface area contributed by atoms with Crippen LogP contribution in [0.15, 0.2) is 4.99 Å². The van der Waals surface area contributed by atoms with Crippen LogP contribution in [0, 0.1) is 0 Å². The highest BCUT2D eigenvalue weighted by Gasteiger charge is 2.23. The van der Waals surface area contributed by atoms with Crippen molar-refractivity contribution in [2.45, 2.75) is 154 Å². The molecule has 6 heteroatoms. The number of carbonyl (C=O) groups excluding carboxylic acids is 1. The van der Waals surface area contributed by atoms with Crippen molar-refractivity contribution in [2.24, 2.45) is 4.99 Å². The van der Waals surface area contributed by atoms with Crippen LogP contribution in [0.25, 0.3) is 0 Å². The minimum absolute atomic E-state index is 0.661. The highest BCUT2D eigenvalue weighted by molar-refractivity contribution is 7.64.